The second kappa shape index (κ2) is 46.8. The van der Waals surface area contributed by atoms with Crippen LogP contribution in [0.3, 0.4) is 0 Å². The van der Waals surface area contributed by atoms with Gasteiger partial charge in [0.15, 0.2) is 18.2 Å². The highest BCUT2D eigenvalue weighted by Gasteiger charge is 2.45. The third kappa shape index (κ3) is 32.9. The first-order valence-corrected chi connectivity index (χ1v) is 37.9. The van der Waals surface area contributed by atoms with E-state index in [0.717, 1.165) is 18.9 Å². The quantitative estimate of drug-likeness (QED) is 0.0219. The summed E-state index contributed by atoms with van der Waals surface area (Å²) in [5.74, 6) is -15.5. The molecule has 608 valence electrons. The predicted molar refractivity (Wildman–Crippen MR) is 405 cm³/mol. The number of aliphatic hydroxyl groups is 10. The largest absolute Gasteiger partial charge is 0.479 e. The van der Waals surface area contributed by atoms with Gasteiger partial charge in [-0.2, -0.15) is 0 Å². The van der Waals surface area contributed by atoms with Crippen molar-refractivity contribution in [1.82, 2.24) is 16.0 Å². The average molecular weight is 1510 g/mol. The molecular weight excluding hydrogens is 1380 g/mol. The van der Waals surface area contributed by atoms with Crippen molar-refractivity contribution in [2.75, 3.05) is 0 Å². The van der Waals surface area contributed by atoms with Crippen molar-refractivity contribution in [3.05, 3.63) is 95.7 Å². The molecule has 0 aromatic rings. The lowest BCUT2D eigenvalue weighted by Gasteiger charge is -2.38. The zero-order valence-electron chi connectivity index (χ0n) is 66.2. The summed E-state index contributed by atoms with van der Waals surface area (Å²) in [6.45, 7) is 30.0. The van der Waals surface area contributed by atoms with Crippen LogP contribution in [0.4, 0.5) is 0 Å². The Kier molecular flexibility index (Phi) is 42.2. The molecular formula is C81H131N3O23. The number of hydrogen-bond donors (Lipinski definition) is 15. The molecule has 25 atom stereocenters. The molecule has 2 heterocycles. The van der Waals surface area contributed by atoms with E-state index >= 15 is 0 Å². The Hall–Kier alpha value is -6.56. The molecule has 26 nitrogen and oxygen atoms in total. The summed E-state index contributed by atoms with van der Waals surface area (Å²) in [4.78, 5) is 107. The summed E-state index contributed by atoms with van der Waals surface area (Å²) in [6, 6.07) is -4.96. The molecule has 0 saturated carbocycles. The Labute approximate surface area is 633 Å². The third-order valence-electron chi connectivity index (χ3n) is 20.7. The summed E-state index contributed by atoms with van der Waals surface area (Å²) in [5.41, 5.74) is 0.0251. The smallest absolute Gasteiger partial charge is 0.335 e. The number of ketones is 1. The second-order valence-corrected chi connectivity index (χ2v) is 31.6. The van der Waals surface area contributed by atoms with Gasteiger partial charge in [0.05, 0.1) is 85.5 Å². The highest BCUT2D eigenvalue weighted by atomic mass is 16.6. The van der Waals surface area contributed by atoms with Gasteiger partial charge in [-0.05, 0) is 146 Å². The number of carboxylic acid groups (broad SMARTS) is 2. The van der Waals surface area contributed by atoms with Crippen LogP contribution in [0.25, 0.3) is 0 Å². The lowest BCUT2D eigenvalue weighted by Crippen LogP contribution is -2.59. The molecule has 15 N–H and O–H groups in total. The van der Waals surface area contributed by atoms with E-state index in [1.54, 1.807) is 80.5 Å². The van der Waals surface area contributed by atoms with Crippen LogP contribution in [0.2, 0.25) is 0 Å². The first-order valence-electron chi connectivity index (χ1n) is 37.9. The molecule has 1 saturated heterocycles. The van der Waals surface area contributed by atoms with E-state index in [9.17, 15) is 99.6 Å². The van der Waals surface area contributed by atoms with E-state index < -0.39 is 193 Å². The number of hydrogen-bond acceptors (Lipinski definition) is 21. The SMILES string of the molecule is C/C1=C/[C@H](C)[C@@H](O)/C(C)=C\C[C@H](OC(=O)C[C@@H](O)C(=O)O)[C@H](C)[C@H]([C@@H](NC(=O)[C@H](C)[C@H](O)CC[C@H](C)[C@@H](O)/C(C)=C/[C@@H](C)[C@@H](O)[C@H](CC(C)C)NC(=O)/C=C/C(C)(C)C(=O)[C@@H](C)[C@@H](O)C(C)C)[C@@H](C)O)OC(=O)[C@H]([C@@H](O)C(=O)O)NC(=O)/C=C\C=C/CC/C=C\C=C/C[C@@H]2C[C@@H](C)C[C@@H](C[C@@H](O)[C@H](C)[C@H]1O)O2. The number of cyclic esters (lactones) is 1. The minimum atomic E-state index is -2.69. The molecule has 0 spiro atoms. The molecule has 0 unspecified atom stereocenters. The minimum absolute atomic E-state index is 0.0235. The maximum atomic E-state index is 14.6. The summed E-state index contributed by atoms with van der Waals surface area (Å²) in [5, 5.41) is 141. The topological polar surface area (TPSA) is 443 Å². The lowest BCUT2D eigenvalue weighted by atomic mass is 9.77. The molecule has 2 rings (SSSR count). The number of aliphatic hydroxyl groups excluding tert-OH is 10. The van der Waals surface area contributed by atoms with Gasteiger partial charge in [-0.1, -0.05) is 150 Å². The van der Waals surface area contributed by atoms with Gasteiger partial charge in [-0.15, -0.1) is 0 Å². The number of nitrogens with one attached hydrogen (secondary N) is 3. The number of aliphatic carboxylic acids is 2. The molecule has 0 aromatic heterocycles. The fourth-order valence-corrected chi connectivity index (χ4v) is 13.5. The average Bonchev–Trinajstić information content (AvgIpc) is 0.824. The molecule has 0 aliphatic carbocycles. The molecule has 107 heavy (non-hydrogen) atoms. The number of allylic oxidation sites excluding steroid dienone is 7. The minimum Gasteiger partial charge on any atom is -0.479 e. The number of Topliss-reactive ketones (excluding diaryl/α,β-unsaturated/α-hetero) is 1. The first-order chi connectivity index (χ1) is 49.7. The van der Waals surface area contributed by atoms with Gasteiger partial charge in [-0.25, -0.2) is 14.4 Å². The van der Waals surface area contributed by atoms with Crippen LogP contribution in [0, 0.1) is 64.6 Å². The van der Waals surface area contributed by atoms with Crippen molar-refractivity contribution in [2.24, 2.45) is 64.6 Å². The molecule has 3 amide bonds. The Bertz CT molecular complexity index is 3090. The molecule has 26 heteroatoms. The molecule has 1 fully saturated rings. The number of amides is 3. The molecule has 2 bridgehead atoms. The van der Waals surface area contributed by atoms with E-state index in [-0.39, 0.29) is 54.7 Å². The number of carbonyl (C=O) groups is 8. The van der Waals surface area contributed by atoms with E-state index in [1.165, 1.54) is 58.1 Å². The Balaban J connectivity index is 2.69. The van der Waals surface area contributed by atoms with Gasteiger partial charge in [0.2, 0.25) is 17.7 Å². The third-order valence-corrected chi connectivity index (χ3v) is 20.7. The van der Waals surface area contributed by atoms with Gasteiger partial charge >= 0.3 is 23.9 Å². The predicted octanol–water partition coefficient (Wildman–Crippen LogP) is 6.75. The standard InChI is InChI=1S/C81H131N3O23/c1-43(2)36-59(82-65(90)34-35-81(17,18)76(98)55(15)69(92)44(3)4)73(96)51(11)40-49(9)70(93)46(6)30-32-60(86)53(13)77(99)84-67(56(16)85)75-54(14)63(106-66(91)42-62(88)78(100)101)33-31-47(7)71(94)48(8)39-50(10)72(95)52(12)61(87)41-58-38-45(5)37-57(105-58)28-26-24-22-20-19-21-23-25-27-29-64(89)83-68(80(104)107-75)74(97)79(102)103/h20,22-27,29,31,34-35,39-40,43-46,48,51-63,67-75,85-88,92-97H,19,21,28,30,32-33,36-38,41-42H2,1-18H3,(H,82,90)(H,83,89)(H,84,99)(H,100,101)(H,102,103)/b22-20-,25-23-,26-24-,29-27-,35-34+,47-31-,49-40+,50-39-/t45-,46+,48+,51-,52+,53-,54+,55+,56-,57-,58+,59+,60-,61-,62-,63+,67+,68+,69+,70-,71+,72+,73-,74-,75-/m1/s1. The fraction of sp³-hybridized carbons (Fsp3) is 0.704. The highest BCUT2D eigenvalue weighted by Crippen LogP contribution is 2.34. The van der Waals surface area contributed by atoms with Gasteiger partial charge in [0.1, 0.15) is 18.0 Å². The van der Waals surface area contributed by atoms with Crippen molar-refractivity contribution in [3.63, 3.8) is 0 Å². The summed E-state index contributed by atoms with van der Waals surface area (Å²) in [6.07, 6.45) is 4.38. The number of carbonyl (C=O) groups excluding carboxylic acids is 6. The molecule has 2 aliphatic rings. The van der Waals surface area contributed by atoms with E-state index in [1.807, 2.05) is 52.0 Å². The Morgan fingerprint density at radius 2 is 1.32 bits per heavy atom. The zero-order valence-corrected chi connectivity index (χ0v) is 66.2. The first kappa shape index (κ1) is 96.5. The van der Waals surface area contributed by atoms with Crippen LogP contribution in [0.1, 0.15) is 195 Å². The monoisotopic (exact) mass is 1510 g/mol. The fourth-order valence-electron chi connectivity index (χ4n) is 13.5. The molecule has 0 aromatic carbocycles. The van der Waals surface area contributed by atoms with Gasteiger partial charge < -0.3 is 91.4 Å². The van der Waals surface area contributed by atoms with Crippen LogP contribution in [-0.2, 0) is 52.6 Å². The van der Waals surface area contributed by atoms with Gasteiger partial charge in [-0.3, -0.25) is 24.0 Å². The second-order valence-electron chi connectivity index (χ2n) is 31.6. The Morgan fingerprint density at radius 1 is 0.720 bits per heavy atom. The van der Waals surface area contributed by atoms with Crippen LogP contribution < -0.4 is 16.0 Å². The van der Waals surface area contributed by atoms with Gasteiger partial charge in [0, 0.05) is 47.5 Å². The molecule has 0 radical (unpaired) electrons. The Morgan fingerprint density at radius 3 is 1.90 bits per heavy atom. The number of carboxylic acids is 2. The van der Waals surface area contributed by atoms with Gasteiger partial charge in [0.25, 0.3) is 0 Å². The zero-order chi connectivity index (χ0) is 81.7. The van der Waals surface area contributed by atoms with Crippen molar-refractivity contribution < 1.29 is 114 Å². The highest BCUT2D eigenvalue weighted by molar-refractivity contribution is 5.95. The van der Waals surface area contributed by atoms with Crippen molar-refractivity contribution in [2.45, 2.75) is 299 Å². The van der Waals surface area contributed by atoms with Crippen LogP contribution in [-0.4, -0.2) is 212 Å². The number of rotatable bonds is 28. The van der Waals surface area contributed by atoms with Crippen molar-refractivity contribution in [3.8, 4) is 0 Å². The maximum absolute atomic E-state index is 14.6. The van der Waals surface area contributed by atoms with E-state index in [4.69, 9.17) is 14.2 Å². The van der Waals surface area contributed by atoms with Crippen LogP contribution >= 0.6 is 0 Å². The lowest BCUT2D eigenvalue weighted by molar-refractivity contribution is -0.175. The van der Waals surface area contributed by atoms with E-state index in [0.29, 0.717) is 42.7 Å². The van der Waals surface area contributed by atoms with Crippen LogP contribution in [0.15, 0.2) is 95.7 Å². The van der Waals surface area contributed by atoms with Crippen molar-refractivity contribution in [1.29, 1.82) is 0 Å². The summed E-state index contributed by atoms with van der Waals surface area (Å²) < 4.78 is 18.2. The number of fused-ring (bicyclic) bond motifs is 2. The van der Waals surface area contributed by atoms with E-state index in [2.05, 4.69) is 22.9 Å². The molecule has 2 aliphatic heterocycles. The van der Waals surface area contributed by atoms with Crippen LogP contribution in [0.5, 0.6) is 0 Å². The number of esters is 2. The summed E-state index contributed by atoms with van der Waals surface area (Å²) >= 11 is 0. The summed E-state index contributed by atoms with van der Waals surface area (Å²) in [7, 11) is 0. The normalized spacial score (nSPS) is 30.2. The maximum Gasteiger partial charge on any atom is 0.335 e. The number of ether oxygens (including phenoxy) is 3. The van der Waals surface area contributed by atoms with Crippen molar-refractivity contribution >= 4 is 47.4 Å².